The molecule has 0 aliphatic carbocycles. The van der Waals surface area contributed by atoms with Gasteiger partial charge in [-0.3, -0.25) is 0 Å². The Morgan fingerprint density at radius 3 is 0.536 bits per heavy atom. The number of benzene rings is 4. The fraction of sp³-hybridized carbons (Fsp3) is 0. The van der Waals surface area contributed by atoms with Gasteiger partial charge in [0.25, 0.3) is 0 Å². The van der Waals surface area contributed by atoms with E-state index < -0.39 is 0 Å². The molecule has 0 nitrogen and oxygen atoms in total. The SMILES string of the molecule is c1cc2[se]c3ccc4[se]c5ccc6[se]c7ccc8[se]c1c1c8c7c6c5c4c3c21. The average molecular weight is 612 g/mol. The van der Waals surface area contributed by atoms with Crippen molar-refractivity contribution in [3.8, 4) is 0 Å². The average Bonchev–Trinajstić information content (AvgIpc) is 3.42. The molecule has 5 aromatic carbocycles. The topological polar surface area (TPSA) is 0 Å². The van der Waals surface area contributed by atoms with E-state index >= 15 is 0 Å². The molecule has 0 amide bonds. The fourth-order valence-corrected chi connectivity index (χ4v) is 14.8. The number of hydrogen-bond donors (Lipinski definition) is 0. The van der Waals surface area contributed by atoms with Gasteiger partial charge in [-0.05, 0) is 0 Å². The van der Waals surface area contributed by atoms with Crippen molar-refractivity contribution in [3.63, 3.8) is 0 Å². The van der Waals surface area contributed by atoms with Crippen LogP contribution in [-0.2, 0) is 0 Å². The van der Waals surface area contributed by atoms with Crippen molar-refractivity contribution in [1.82, 2.24) is 0 Å². The van der Waals surface area contributed by atoms with Crippen LogP contribution in [0.15, 0.2) is 48.5 Å². The molecule has 0 saturated carbocycles. The van der Waals surface area contributed by atoms with Crippen LogP contribution in [0.25, 0.3) is 77.2 Å². The third-order valence-electron chi connectivity index (χ3n) is 6.40. The summed E-state index contributed by atoms with van der Waals surface area (Å²) in [6.45, 7) is 0. The summed E-state index contributed by atoms with van der Waals surface area (Å²) >= 11 is 1.81. The van der Waals surface area contributed by atoms with Crippen molar-refractivity contribution in [3.05, 3.63) is 48.5 Å². The molecule has 4 heteroatoms. The summed E-state index contributed by atoms with van der Waals surface area (Å²) in [4.78, 5) is 0. The summed E-state index contributed by atoms with van der Waals surface area (Å²) in [5, 5.41) is 13.1. The molecule has 0 unspecified atom stereocenters. The molecule has 4 heterocycles. The minimum atomic E-state index is 0.453. The van der Waals surface area contributed by atoms with E-state index in [9.17, 15) is 0 Å². The van der Waals surface area contributed by atoms with Crippen molar-refractivity contribution in [2.45, 2.75) is 0 Å². The van der Waals surface area contributed by atoms with Crippen LogP contribution in [0.3, 0.4) is 0 Å². The molecule has 28 heavy (non-hydrogen) atoms. The fourth-order valence-electron chi connectivity index (χ4n) is 5.40. The third kappa shape index (κ3) is 1.46. The molecule has 0 radical (unpaired) electrons. The Labute approximate surface area is 182 Å². The van der Waals surface area contributed by atoms with Crippen LogP contribution in [-0.4, -0.2) is 58.0 Å². The first-order chi connectivity index (χ1) is 13.9. The van der Waals surface area contributed by atoms with Crippen LogP contribution in [0.2, 0.25) is 0 Å². The zero-order valence-corrected chi connectivity index (χ0v) is 21.1. The second-order valence-corrected chi connectivity index (χ2v) is 16.8. The Morgan fingerprint density at radius 1 is 0.250 bits per heavy atom. The third-order valence-corrected chi connectivity index (χ3v) is 15.8. The maximum absolute atomic E-state index is 2.47. The quantitative estimate of drug-likeness (QED) is 0.200. The molecule has 0 bridgehead atoms. The summed E-state index contributed by atoms with van der Waals surface area (Å²) in [6.07, 6.45) is 0. The van der Waals surface area contributed by atoms with E-state index in [0.29, 0.717) is 58.0 Å². The van der Waals surface area contributed by atoms with Gasteiger partial charge in [0.05, 0.1) is 0 Å². The summed E-state index contributed by atoms with van der Waals surface area (Å²) in [7, 11) is 0. The second-order valence-electron chi connectivity index (χ2n) is 7.66. The molecule has 0 atom stereocenters. The van der Waals surface area contributed by atoms with Gasteiger partial charge in [0.2, 0.25) is 0 Å². The van der Waals surface area contributed by atoms with E-state index in [4.69, 9.17) is 0 Å². The van der Waals surface area contributed by atoms with Gasteiger partial charge in [0.1, 0.15) is 0 Å². The van der Waals surface area contributed by atoms with Crippen molar-refractivity contribution >= 4 is 135 Å². The van der Waals surface area contributed by atoms with E-state index in [1.165, 1.54) is 0 Å². The predicted octanol–water partition coefficient (Wildman–Crippen LogP) is 5.45. The van der Waals surface area contributed by atoms with Gasteiger partial charge < -0.3 is 0 Å². The predicted molar refractivity (Wildman–Crippen MR) is 128 cm³/mol. The molecule has 0 aliphatic rings. The van der Waals surface area contributed by atoms with Crippen LogP contribution in [0.5, 0.6) is 0 Å². The molecule has 128 valence electrons. The first kappa shape index (κ1) is 14.9. The molecule has 0 saturated heterocycles. The molecule has 9 aromatic rings. The van der Waals surface area contributed by atoms with Gasteiger partial charge in [-0.15, -0.1) is 0 Å². The van der Waals surface area contributed by atoms with Crippen LogP contribution in [0.1, 0.15) is 0 Å². The standard InChI is InChI=1S/C24H8Se4/c1-2-10-18-17-9(1)25-11-3-4-13-21(19(11)17)23-15(27-13)7-8-16-24(23)22-14(28-16)6-5-12(26-10)20(18)22/h1-8H. The number of hydrogen-bond acceptors (Lipinski definition) is 0. The summed E-state index contributed by atoms with van der Waals surface area (Å²) < 4.78 is 13.0. The molecule has 0 aliphatic heterocycles. The molecule has 0 fully saturated rings. The van der Waals surface area contributed by atoms with Crippen LogP contribution in [0.4, 0.5) is 0 Å². The summed E-state index contributed by atoms with van der Waals surface area (Å²) in [5.41, 5.74) is 0. The number of rotatable bonds is 0. The van der Waals surface area contributed by atoms with Crippen molar-refractivity contribution in [2.24, 2.45) is 0 Å². The van der Waals surface area contributed by atoms with Crippen molar-refractivity contribution < 1.29 is 0 Å². The molecule has 4 aromatic heterocycles. The summed E-state index contributed by atoms with van der Waals surface area (Å²) in [5.74, 6) is 0. The zero-order valence-electron chi connectivity index (χ0n) is 14.3. The Hall–Kier alpha value is -1.04. The first-order valence-corrected chi connectivity index (χ1v) is 16.1. The molecule has 0 N–H and O–H groups in total. The minimum absolute atomic E-state index is 0.453. The molecular weight excluding hydrogens is 604 g/mol. The molecule has 9 rings (SSSR count). The van der Waals surface area contributed by atoms with Crippen LogP contribution < -0.4 is 0 Å². The van der Waals surface area contributed by atoms with E-state index in [-0.39, 0.29) is 0 Å². The van der Waals surface area contributed by atoms with Gasteiger partial charge in [-0.25, -0.2) is 0 Å². The van der Waals surface area contributed by atoms with Gasteiger partial charge in [0, 0.05) is 0 Å². The van der Waals surface area contributed by atoms with Gasteiger partial charge in [-0.1, -0.05) is 0 Å². The van der Waals surface area contributed by atoms with E-state index in [2.05, 4.69) is 48.5 Å². The Morgan fingerprint density at radius 2 is 0.393 bits per heavy atom. The van der Waals surface area contributed by atoms with E-state index in [1.54, 1.807) is 77.2 Å². The molecular formula is C24H8Se4. The van der Waals surface area contributed by atoms with Crippen molar-refractivity contribution in [1.29, 1.82) is 0 Å². The first-order valence-electron chi connectivity index (χ1n) is 9.28. The molecule has 0 spiro atoms. The Balaban J connectivity index is 1.93. The van der Waals surface area contributed by atoms with Gasteiger partial charge in [0.15, 0.2) is 0 Å². The van der Waals surface area contributed by atoms with E-state index in [0.717, 1.165) is 0 Å². The van der Waals surface area contributed by atoms with Crippen LogP contribution >= 0.6 is 0 Å². The Bertz CT molecular complexity index is 1550. The van der Waals surface area contributed by atoms with Gasteiger partial charge in [-0.2, -0.15) is 0 Å². The normalized spacial score (nSPS) is 13.7. The second kappa shape index (κ2) is 4.65. The maximum atomic E-state index is 2.47. The van der Waals surface area contributed by atoms with Crippen molar-refractivity contribution in [2.75, 3.05) is 0 Å². The van der Waals surface area contributed by atoms with E-state index in [1.807, 2.05) is 0 Å². The monoisotopic (exact) mass is 616 g/mol. The van der Waals surface area contributed by atoms with Gasteiger partial charge >= 0.3 is 184 Å². The summed E-state index contributed by atoms with van der Waals surface area (Å²) in [6, 6.07) is 19.8. The zero-order chi connectivity index (χ0) is 17.7. The van der Waals surface area contributed by atoms with Crippen LogP contribution in [0, 0.1) is 0 Å². The Kier molecular flexibility index (Phi) is 2.47.